The molecule has 6 heteroatoms. The van der Waals surface area contributed by atoms with E-state index in [1.54, 1.807) is 6.92 Å². The van der Waals surface area contributed by atoms with Crippen molar-refractivity contribution < 1.29 is 23.9 Å². The Morgan fingerprint density at radius 1 is 1.29 bits per heavy atom. The zero-order valence-electron chi connectivity index (χ0n) is 10.2. The molecule has 0 atom stereocenters. The first-order valence-corrected chi connectivity index (χ1v) is 5.23. The minimum atomic E-state index is -0.618. The summed E-state index contributed by atoms with van der Waals surface area (Å²) in [6.07, 6.45) is 1.87. The fourth-order valence-corrected chi connectivity index (χ4v) is 1.02. The highest BCUT2D eigenvalue weighted by atomic mass is 16.5. The van der Waals surface area contributed by atoms with Crippen molar-refractivity contribution in [1.82, 2.24) is 5.32 Å². The summed E-state index contributed by atoms with van der Waals surface area (Å²) in [6, 6.07) is 0. The molecule has 0 aromatic heterocycles. The van der Waals surface area contributed by atoms with Gasteiger partial charge in [0.15, 0.2) is 0 Å². The third-order valence-electron chi connectivity index (χ3n) is 1.73. The van der Waals surface area contributed by atoms with E-state index in [-0.39, 0.29) is 30.6 Å². The third kappa shape index (κ3) is 7.10. The summed E-state index contributed by atoms with van der Waals surface area (Å²) in [7, 11) is 1.28. The van der Waals surface area contributed by atoms with Crippen LogP contribution >= 0.6 is 0 Å². The van der Waals surface area contributed by atoms with Crippen LogP contribution < -0.4 is 5.32 Å². The lowest BCUT2D eigenvalue weighted by atomic mass is 10.2. The van der Waals surface area contributed by atoms with Gasteiger partial charge in [0, 0.05) is 13.3 Å². The summed E-state index contributed by atoms with van der Waals surface area (Å²) >= 11 is 0. The molecule has 0 heterocycles. The number of nitrogens with one attached hydrogen (secondary N) is 1. The van der Waals surface area contributed by atoms with Gasteiger partial charge in [-0.2, -0.15) is 0 Å². The monoisotopic (exact) mass is 243 g/mol. The fourth-order valence-electron chi connectivity index (χ4n) is 1.02. The first-order valence-electron chi connectivity index (χ1n) is 5.23. The minimum Gasteiger partial charge on any atom is -0.469 e. The molecule has 0 spiro atoms. The molecule has 96 valence electrons. The zero-order chi connectivity index (χ0) is 13.3. The molecular weight excluding hydrogens is 226 g/mol. The van der Waals surface area contributed by atoms with Crippen LogP contribution in [0.2, 0.25) is 0 Å². The summed E-state index contributed by atoms with van der Waals surface area (Å²) < 4.78 is 9.20. The van der Waals surface area contributed by atoms with Gasteiger partial charge in [-0.25, -0.2) is 4.79 Å². The second-order valence-corrected chi connectivity index (χ2v) is 3.13. The van der Waals surface area contributed by atoms with Gasteiger partial charge in [0.1, 0.15) is 5.70 Å². The molecule has 0 unspecified atom stereocenters. The first-order chi connectivity index (χ1) is 8.01. The van der Waals surface area contributed by atoms with E-state index in [9.17, 15) is 14.4 Å². The Labute approximate surface area is 100.0 Å². The number of hydrogen-bond donors (Lipinski definition) is 1. The van der Waals surface area contributed by atoms with Crippen molar-refractivity contribution in [1.29, 1.82) is 0 Å². The molecule has 0 bridgehead atoms. The molecule has 0 rings (SSSR count). The lowest BCUT2D eigenvalue weighted by Crippen LogP contribution is -2.26. The number of carbonyl (C=O) groups excluding carboxylic acids is 3. The predicted molar refractivity (Wildman–Crippen MR) is 59.8 cm³/mol. The number of carbonyl (C=O) groups is 3. The van der Waals surface area contributed by atoms with E-state index < -0.39 is 5.97 Å². The van der Waals surface area contributed by atoms with Gasteiger partial charge < -0.3 is 14.8 Å². The Hall–Kier alpha value is -1.85. The Bertz CT molecular complexity index is 322. The van der Waals surface area contributed by atoms with Gasteiger partial charge in [-0.15, -0.1) is 0 Å². The van der Waals surface area contributed by atoms with E-state index >= 15 is 0 Å². The van der Waals surface area contributed by atoms with E-state index in [2.05, 4.69) is 10.1 Å². The fraction of sp³-hybridized carbons (Fsp3) is 0.545. The molecule has 0 saturated heterocycles. The van der Waals surface area contributed by atoms with Crippen LogP contribution in [0.4, 0.5) is 0 Å². The maximum absolute atomic E-state index is 11.4. The topological polar surface area (TPSA) is 81.7 Å². The normalized spacial score (nSPS) is 10.6. The van der Waals surface area contributed by atoms with Crippen LogP contribution in [0.3, 0.4) is 0 Å². The predicted octanol–water partition coefficient (Wildman–Crippen LogP) is 0.523. The molecule has 1 N–H and O–H groups in total. The van der Waals surface area contributed by atoms with E-state index in [1.807, 2.05) is 0 Å². The average molecular weight is 243 g/mol. The molecule has 0 aliphatic heterocycles. The average Bonchev–Trinajstić information content (AvgIpc) is 2.27. The molecule has 0 fully saturated rings. The van der Waals surface area contributed by atoms with Crippen LogP contribution in [0.1, 0.15) is 26.7 Å². The lowest BCUT2D eigenvalue weighted by molar-refractivity contribution is -0.141. The van der Waals surface area contributed by atoms with Crippen molar-refractivity contribution in [3.63, 3.8) is 0 Å². The van der Waals surface area contributed by atoms with Crippen molar-refractivity contribution in [3.05, 3.63) is 11.8 Å². The van der Waals surface area contributed by atoms with E-state index in [4.69, 9.17) is 4.74 Å². The molecule has 0 aromatic rings. The Balaban J connectivity index is 4.45. The molecule has 0 saturated carbocycles. The molecule has 17 heavy (non-hydrogen) atoms. The number of hydrogen-bond acceptors (Lipinski definition) is 5. The number of amides is 1. The van der Waals surface area contributed by atoms with E-state index in [0.717, 1.165) is 0 Å². The van der Waals surface area contributed by atoms with Gasteiger partial charge >= 0.3 is 11.9 Å². The molecule has 6 nitrogen and oxygen atoms in total. The summed E-state index contributed by atoms with van der Waals surface area (Å²) in [5.74, 6) is -1.37. The van der Waals surface area contributed by atoms with Gasteiger partial charge in [-0.3, -0.25) is 9.59 Å². The van der Waals surface area contributed by atoms with Gasteiger partial charge in [0.05, 0.1) is 13.7 Å². The highest BCUT2D eigenvalue weighted by molar-refractivity contribution is 5.93. The third-order valence-corrected chi connectivity index (χ3v) is 1.73. The van der Waals surface area contributed by atoms with Crippen LogP contribution in [-0.2, 0) is 23.9 Å². The van der Waals surface area contributed by atoms with Crippen molar-refractivity contribution in [2.45, 2.75) is 26.7 Å². The zero-order valence-corrected chi connectivity index (χ0v) is 10.2. The van der Waals surface area contributed by atoms with Gasteiger partial charge in [-0.05, 0) is 13.3 Å². The Kier molecular flexibility index (Phi) is 7.41. The van der Waals surface area contributed by atoms with E-state index in [1.165, 1.54) is 20.1 Å². The van der Waals surface area contributed by atoms with Crippen LogP contribution in [-0.4, -0.2) is 31.6 Å². The molecule has 0 aliphatic rings. The van der Waals surface area contributed by atoms with Crippen LogP contribution in [0.25, 0.3) is 0 Å². The largest absolute Gasteiger partial charge is 0.469 e. The summed E-state index contributed by atoms with van der Waals surface area (Å²) in [4.78, 5) is 33.1. The van der Waals surface area contributed by atoms with Crippen molar-refractivity contribution >= 4 is 17.8 Å². The maximum Gasteiger partial charge on any atom is 0.354 e. The second-order valence-electron chi connectivity index (χ2n) is 3.13. The smallest absolute Gasteiger partial charge is 0.354 e. The number of esters is 2. The minimum absolute atomic E-state index is 0.0447. The number of rotatable bonds is 6. The first kappa shape index (κ1) is 15.2. The molecule has 0 radical (unpaired) electrons. The number of ether oxygens (including phenoxy) is 2. The highest BCUT2D eigenvalue weighted by Gasteiger charge is 2.11. The highest BCUT2D eigenvalue weighted by Crippen LogP contribution is 2.00. The summed E-state index contributed by atoms with van der Waals surface area (Å²) in [6.45, 7) is 3.16. The molecular formula is C11H17NO5. The summed E-state index contributed by atoms with van der Waals surface area (Å²) in [5, 5.41) is 2.35. The molecule has 1 amide bonds. The standard InChI is InChI=1S/C11H17NO5/c1-4-17-11(15)9(12-8(2)13)6-5-7-10(14)16-3/h6H,4-5,7H2,1-3H3,(H,12,13)/b9-6+. The van der Waals surface area contributed by atoms with Crippen LogP contribution in [0.15, 0.2) is 11.8 Å². The second kappa shape index (κ2) is 8.32. The van der Waals surface area contributed by atoms with E-state index in [0.29, 0.717) is 6.42 Å². The van der Waals surface area contributed by atoms with Crippen molar-refractivity contribution in [3.8, 4) is 0 Å². The quantitative estimate of drug-likeness (QED) is 0.543. The molecule has 0 aromatic carbocycles. The molecule has 0 aliphatic carbocycles. The van der Waals surface area contributed by atoms with Gasteiger partial charge in [0.25, 0.3) is 0 Å². The Morgan fingerprint density at radius 2 is 1.94 bits per heavy atom. The van der Waals surface area contributed by atoms with Gasteiger partial charge in [0.2, 0.25) is 5.91 Å². The van der Waals surface area contributed by atoms with Crippen molar-refractivity contribution in [2.75, 3.05) is 13.7 Å². The maximum atomic E-state index is 11.4. The SMILES string of the molecule is CCOC(=O)/C(=C\CCC(=O)OC)NC(C)=O. The number of methoxy groups -OCH3 is 1. The van der Waals surface area contributed by atoms with Crippen LogP contribution in [0, 0.1) is 0 Å². The van der Waals surface area contributed by atoms with Crippen LogP contribution in [0.5, 0.6) is 0 Å². The Morgan fingerprint density at radius 3 is 2.41 bits per heavy atom. The summed E-state index contributed by atoms with van der Waals surface area (Å²) in [5.41, 5.74) is 0.0447. The van der Waals surface area contributed by atoms with Crippen molar-refractivity contribution in [2.24, 2.45) is 0 Å². The van der Waals surface area contributed by atoms with Gasteiger partial charge in [-0.1, -0.05) is 6.08 Å². The number of allylic oxidation sites excluding steroid dienone is 1. The lowest BCUT2D eigenvalue weighted by Gasteiger charge is -2.07.